The molecule has 3 rings (SSSR count). The van der Waals surface area contributed by atoms with Crippen molar-refractivity contribution in [3.63, 3.8) is 0 Å². The van der Waals surface area contributed by atoms with Gasteiger partial charge in [0.1, 0.15) is 22.4 Å². The predicted octanol–water partition coefficient (Wildman–Crippen LogP) is 3.27. The molecule has 0 saturated heterocycles. The molecule has 0 spiro atoms. The van der Waals surface area contributed by atoms with Crippen LogP contribution < -0.4 is 5.73 Å². The summed E-state index contributed by atoms with van der Waals surface area (Å²) < 4.78 is 55.8. The molecule has 138 valence electrons. The zero-order valence-electron chi connectivity index (χ0n) is 13.9. The Labute approximate surface area is 158 Å². The van der Waals surface area contributed by atoms with Crippen LogP contribution in [0.5, 0.6) is 0 Å². The van der Waals surface area contributed by atoms with Crippen molar-refractivity contribution in [2.75, 3.05) is 7.05 Å². The van der Waals surface area contributed by atoms with Gasteiger partial charge < -0.3 is 5.73 Å². The van der Waals surface area contributed by atoms with Crippen molar-refractivity contribution in [1.82, 2.24) is 4.31 Å². The highest BCUT2D eigenvalue weighted by atomic mass is 79.9. The smallest absolute Gasteiger partial charge is 0.247 e. The molecule has 0 aromatic heterocycles. The standard InChI is InChI=1S/C17H16BrF2N3O2S/c1-17(13-8-7-12(19)9-14(13)20)15(10-3-5-11(18)6-4-10)26(24,25)23(2)16(21)22-17/h3-9,15H,1-2H3,(H2,21,22)/t15-,17-/m1/s1. The highest BCUT2D eigenvalue weighted by molar-refractivity contribution is 9.10. The Kier molecular flexibility index (Phi) is 4.56. The first kappa shape index (κ1) is 18.8. The molecule has 0 amide bonds. The Bertz CT molecular complexity index is 996. The second-order valence-corrected chi connectivity index (χ2v) is 9.15. The number of hydrogen-bond donors (Lipinski definition) is 1. The van der Waals surface area contributed by atoms with Crippen LogP contribution in [0, 0.1) is 11.6 Å². The highest BCUT2D eigenvalue weighted by Crippen LogP contribution is 2.48. The molecular weight excluding hydrogens is 428 g/mol. The van der Waals surface area contributed by atoms with E-state index < -0.39 is 32.4 Å². The predicted molar refractivity (Wildman–Crippen MR) is 98.9 cm³/mol. The minimum atomic E-state index is -4.00. The van der Waals surface area contributed by atoms with Gasteiger partial charge in [0.25, 0.3) is 0 Å². The van der Waals surface area contributed by atoms with Gasteiger partial charge in [-0.25, -0.2) is 26.5 Å². The average Bonchev–Trinajstić information content (AvgIpc) is 2.54. The number of halogens is 3. The summed E-state index contributed by atoms with van der Waals surface area (Å²) in [7, 11) is -2.71. The summed E-state index contributed by atoms with van der Waals surface area (Å²) in [5.41, 5.74) is 4.60. The van der Waals surface area contributed by atoms with E-state index in [4.69, 9.17) is 5.73 Å². The first-order chi connectivity index (χ1) is 12.1. The maximum absolute atomic E-state index is 14.5. The van der Waals surface area contributed by atoms with Gasteiger partial charge in [0.15, 0.2) is 0 Å². The Hall–Kier alpha value is -2.00. The van der Waals surface area contributed by atoms with E-state index in [-0.39, 0.29) is 11.5 Å². The lowest BCUT2D eigenvalue weighted by Gasteiger charge is -2.41. The van der Waals surface area contributed by atoms with E-state index in [9.17, 15) is 17.2 Å². The number of benzene rings is 2. The number of hydrogen-bond acceptors (Lipinski definition) is 4. The molecule has 0 radical (unpaired) electrons. The quantitative estimate of drug-likeness (QED) is 0.773. The van der Waals surface area contributed by atoms with Gasteiger partial charge in [-0.1, -0.05) is 34.1 Å². The molecule has 0 fully saturated rings. The third kappa shape index (κ3) is 2.88. The third-order valence-electron chi connectivity index (χ3n) is 4.51. The SMILES string of the molecule is CN1C(N)=N[C@](C)(c2ccc(F)cc2F)[C@@H](c2ccc(Br)cc2)S1(=O)=O. The fourth-order valence-electron chi connectivity index (χ4n) is 3.18. The summed E-state index contributed by atoms with van der Waals surface area (Å²) in [5, 5.41) is -1.24. The number of aliphatic imine (C=N–C) groups is 1. The Morgan fingerprint density at radius 3 is 2.38 bits per heavy atom. The lowest BCUT2D eigenvalue weighted by Crippen LogP contribution is -2.52. The van der Waals surface area contributed by atoms with E-state index in [2.05, 4.69) is 20.9 Å². The zero-order valence-corrected chi connectivity index (χ0v) is 16.4. The number of nitrogens with zero attached hydrogens (tertiary/aromatic N) is 2. The van der Waals surface area contributed by atoms with Crippen LogP contribution in [0.3, 0.4) is 0 Å². The van der Waals surface area contributed by atoms with Crippen LogP contribution in [0.1, 0.15) is 23.3 Å². The Balaban J connectivity index is 2.33. The monoisotopic (exact) mass is 443 g/mol. The van der Waals surface area contributed by atoms with E-state index in [1.807, 2.05) is 0 Å². The molecule has 1 heterocycles. The van der Waals surface area contributed by atoms with Crippen LogP contribution in [-0.4, -0.2) is 25.7 Å². The van der Waals surface area contributed by atoms with E-state index in [1.54, 1.807) is 24.3 Å². The second kappa shape index (κ2) is 6.31. The minimum Gasteiger partial charge on any atom is -0.369 e. The van der Waals surface area contributed by atoms with E-state index >= 15 is 0 Å². The second-order valence-electron chi connectivity index (χ2n) is 6.19. The van der Waals surface area contributed by atoms with Crippen molar-refractivity contribution in [3.8, 4) is 0 Å². The molecule has 2 N–H and O–H groups in total. The van der Waals surface area contributed by atoms with Crippen molar-refractivity contribution in [3.05, 3.63) is 69.7 Å². The van der Waals surface area contributed by atoms with Gasteiger partial charge in [0.2, 0.25) is 16.0 Å². The lowest BCUT2D eigenvalue weighted by atomic mass is 9.85. The summed E-state index contributed by atoms with van der Waals surface area (Å²) in [4.78, 5) is 4.30. The first-order valence-electron chi connectivity index (χ1n) is 7.61. The molecule has 2 atom stereocenters. The number of guanidine groups is 1. The zero-order chi connectivity index (χ0) is 19.3. The molecule has 0 bridgehead atoms. The molecule has 0 saturated carbocycles. The Morgan fingerprint density at radius 2 is 1.81 bits per heavy atom. The van der Waals surface area contributed by atoms with Gasteiger partial charge in [0.05, 0.1) is 0 Å². The fraction of sp³-hybridized carbons (Fsp3) is 0.235. The first-order valence-corrected chi connectivity index (χ1v) is 9.91. The third-order valence-corrected chi connectivity index (χ3v) is 7.31. The summed E-state index contributed by atoms with van der Waals surface area (Å²) >= 11 is 3.30. The lowest BCUT2D eigenvalue weighted by molar-refractivity contribution is 0.396. The average molecular weight is 444 g/mol. The molecule has 2 aromatic rings. The van der Waals surface area contributed by atoms with Gasteiger partial charge >= 0.3 is 0 Å². The van der Waals surface area contributed by atoms with Crippen molar-refractivity contribution >= 4 is 31.9 Å². The molecule has 0 aliphatic carbocycles. The topological polar surface area (TPSA) is 75.8 Å². The van der Waals surface area contributed by atoms with Gasteiger partial charge in [0, 0.05) is 23.2 Å². The molecule has 9 heteroatoms. The van der Waals surface area contributed by atoms with Crippen LogP contribution in [0.15, 0.2) is 51.9 Å². The van der Waals surface area contributed by atoms with E-state index in [1.165, 1.54) is 20.0 Å². The van der Waals surface area contributed by atoms with Crippen molar-refractivity contribution in [1.29, 1.82) is 0 Å². The summed E-state index contributed by atoms with van der Waals surface area (Å²) in [6, 6.07) is 9.60. The van der Waals surface area contributed by atoms with Crippen LogP contribution in [-0.2, 0) is 15.6 Å². The minimum absolute atomic E-state index is 0.0496. The highest BCUT2D eigenvalue weighted by Gasteiger charge is 2.52. The molecule has 26 heavy (non-hydrogen) atoms. The number of nitrogens with two attached hydrogens (primary N) is 1. The van der Waals surface area contributed by atoms with Gasteiger partial charge in [-0.05, 0) is 30.7 Å². The number of sulfonamides is 1. The Morgan fingerprint density at radius 1 is 1.19 bits per heavy atom. The summed E-state index contributed by atoms with van der Waals surface area (Å²) in [6.45, 7) is 1.48. The van der Waals surface area contributed by atoms with Gasteiger partial charge in [-0.2, -0.15) is 0 Å². The maximum atomic E-state index is 14.5. The van der Waals surface area contributed by atoms with E-state index in [0.717, 1.165) is 14.8 Å². The van der Waals surface area contributed by atoms with Crippen LogP contribution >= 0.6 is 15.9 Å². The van der Waals surface area contributed by atoms with Gasteiger partial charge in [-0.3, -0.25) is 0 Å². The molecule has 1 aliphatic rings. The van der Waals surface area contributed by atoms with Crippen LogP contribution in [0.25, 0.3) is 0 Å². The molecular formula is C17H16BrF2N3O2S. The molecule has 5 nitrogen and oxygen atoms in total. The largest absolute Gasteiger partial charge is 0.369 e. The van der Waals surface area contributed by atoms with Crippen molar-refractivity contribution in [2.45, 2.75) is 17.7 Å². The molecule has 1 aliphatic heterocycles. The van der Waals surface area contributed by atoms with Crippen molar-refractivity contribution in [2.24, 2.45) is 10.7 Å². The molecule has 2 aromatic carbocycles. The normalized spacial score (nSPS) is 25.0. The van der Waals surface area contributed by atoms with Gasteiger partial charge in [-0.15, -0.1) is 0 Å². The summed E-state index contributed by atoms with van der Waals surface area (Å²) in [5.74, 6) is -1.90. The van der Waals surface area contributed by atoms with Crippen LogP contribution in [0.2, 0.25) is 0 Å². The molecule has 0 unspecified atom stereocenters. The fourth-order valence-corrected chi connectivity index (χ4v) is 5.32. The van der Waals surface area contributed by atoms with Crippen LogP contribution in [0.4, 0.5) is 8.78 Å². The summed E-state index contributed by atoms with van der Waals surface area (Å²) in [6.07, 6.45) is 0. The van der Waals surface area contributed by atoms with Crippen molar-refractivity contribution < 1.29 is 17.2 Å². The maximum Gasteiger partial charge on any atom is 0.247 e. The number of rotatable bonds is 2. The van der Waals surface area contributed by atoms with E-state index in [0.29, 0.717) is 11.6 Å².